The molecule has 37 heavy (non-hydrogen) atoms. The Labute approximate surface area is 218 Å². The number of anilines is 1. The first-order chi connectivity index (χ1) is 17.8. The highest BCUT2D eigenvalue weighted by Crippen LogP contribution is 2.43. The first-order valence-electron chi connectivity index (χ1n) is 13.1. The van der Waals surface area contributed by atoms with Gasteiger partial charge in [-0.3, -0.25) is 14.5 Å². The lowest BCUT2D eigenvalue weighted by Crippen LogP contribution is -2.29. The second kappa shape index (κ2) is 10.3. The summed E-state index contributed by atoms with van der Waals surface area (Å²) in [4.78, 5) is 28.4. The number of aryl methyl sites for hydroxylation is 3. The van der Waals surface area contributed by atoms with Crippen molar-refractivity contribution in [3.8, 4) is 5.75 Å². The predicted octanol–water partition coefficient (Wildman–Crippen LogP) is 6.53. The molecule has 1 atom stereocenters. The lowest BCUT2D eigenvalue weighted by atomic mass is 9.88. The van der Waals surface area contributed by atoms with E-state index >= 15 is 0 Å². The van der Waals surface area contributed by atoms with E-state index in [0.717, 1.165) is 42.6 Å². The SMILES string of the molecule is Cc1ccc(N2C(=O)C(=O)/C(=C(\O)c3ccc4c(c3)CCCC4)C2c2ccc(OCC(C)C)cc2)cc1. The van der Waals surface area contributed by atoms with Gasteiger partial charge in [-0.2, -0.15) is 0 Å². The summed E-state index contributed by atoms with van der Waals surface area (Å²) in [5, 5.41) is 11.5. The monoisotopic (exact) mass is 495 g/mol. The molecule has 0 aromatic heterocycles. The second-order valence-corrected chi connectivity index (χ2v) is 10.5. The number of hydrogen-bond acceptors (Lipinski definition) is 4. The van der Waals surface area contributed by atoms with Crippen molar-refractivity contribution in [2.45, 2.75) is 52.5 Å². The predicted molar refractivity (Wildman–Crippen MR) is 146 cm³/mol. The summed E-state index contributed by atoms with van der Waals surface area (Å²) < 4.78 is 5.84. The van der Waals surface area contributed by atoms with Gasteiger partial charge in [0.25, 0.3) is 11.7 Å². The van der Waals surface area contributed by atoms with Crippen molar-refractivity contribution in [3.63, 3.8) is 0 Å². The van der Waals surface area contributed by atoms with E-state index in [0.29, 0.717) is 23.8 Å². The van der Waals surface area contributed by atoms with Crippen LogP contribution >= 0.6 is 0 Å². The zero-order chi connectivity index (χ0) is 26.1. The minimum atomic E-state index is -0.752. The zero-order valence-electron chi connectivity index (χ0n) is 21.7. The molecule has 1 fully saturated rings. The van der Waals surface area contributed by atoms with E-state index in [4.69, 9.17) is 4.74 Å². The Kier molecular flexibility index (Phi) is 6.88. The van der Waals surface area contributed by atoms with Gasteiger partial charge in [-0.15, -0.1) is 0 Å². The first-order valence-corrected chi connectivity index (χ1v) is 13.1. The Bertz CT molecular complexity index is 1350. The third kappa shape index (κ3) is 4.91. The summed E-state index contributed by atoms with van der Waals surface area (Å²) >= 11 is 0. The molecule has 1 aliphatic heterocycles. The van der Waals surface area contributed by atoms with Gasteiger partial charge in [-0.05, 0) is 85.5 Å². The van der Waals surface area contributed by atoms with E-state index in [1.54, 1.807) is 0 Å². The number of rotatable bonds is 6. The van der Waals surface area contributed by atoms with Crippen LogP contribution in [0.4, 0.5) is 5.69 Å². The molecule has 3 aromatic carbocycles. The quantitative estimate of drug-likeness (QED) is 0.240. The van der Waals surface area contributed by atoms with E-state index in [2.05, 4.69) is 13.8 Å². The lowest BCUT2D eigenvalue weighted by molar-refractivity contribution is -0.132. The summed E-state index contributed by atoms with van der Waals surface area (Å²) in [5.41, 5.74) is 5.57. The lowest BCUT2D eigenvalue weighted by Gasteiger charge is -2.26. The van der Waals surface area contributed by atoms with Crippen LogP contribution in [0.5, 0.6) is 5.75 Å². The van der Waals surface area contributed by atoms with Crippen molar-refractivity contribution < 1.29 is 19.4 Å². The number of aliphatic hydroxyl groups excluding tert-OH is 1. The number of Topliss-reactive ketones (excluding diaryl/α,β-unsaturated/α-hetero) is 1. The number of aliphatic hydroxyl groups is 1. The van der Waals surface area contributed by atoms with Gasteiger partial charge in [-0.25, -0.2) is 0 Å². The summed E-state index contributed by atoms with van der Waals surface area (Å²) in [6.07, 6.45) is 4.26. The van der Waals surface area contributed by atoms with Gasteiger partial charge < -0.3 is 9.84 Å². The van der Waals surface area contributed by atoms with E-state index < -0.39 is 17.7 Å². The number of carbonyl (C=O) groups is 2. The van der Waals surface area contributed by atoms with Crippen LogP contribution in [0.2, 0.25) is 0 Å². The molecule has 1 amide bonds. The van der Waals surface area contributed by atoms with Crippen molar-refractivity contribution >= 4 is 23.1 Å². The van der Waals surface area contributed by atoms with E-state index in [1.165, 1.54) is 16.0 Å². The number of fused-ring (bicyclic) bond motifs is 1. The van der Waals surface area contributed by atoms with Crippen molar-refractivity contribution in [2.24, 2.45) is 5.92 Å². The van der Waals surface area contributed by atoms with Crippen LogP contribution in [0.25, 0.3) is 5.76 Å². The number of ether oxygens (including phenoxy) is 1. The summed E-state index contributed by atoms with van der Waals surface area (Å²) in [5.74, 6) is -0.342. The van der Waals surface area contributed by atoms with E-state index in [-0.39, 0.29) is 11.3 Å². The molecule has 1 saturated heterocycles. The number of amides is 1. The third-order valence-electron chi connectivity index (χ3n) is 7.16. The average molecular weight is 496 g/mol. The van der Waals surface area contributed by atoms with Crippen LogP contribution in [0, 0.1) is 12.8 Å². The highest BCUT2D eigenvalue weighted by Gasteiger charge is 2.47. The molecule has 2 aliphatic rings. The minimum absolute atomic E-state index is 0.109. The van der Waals surface area contributed by atoms with Crippen molar-refractivity contribution in [2.75, 3.05) is 11.5 Å². The molecule has 0 bridgehead atoms. The van der Waals surface area contributed by atoms with Crippen LogP contribution in [0.3, 0.4) is 0 Å². The Morgan fingerprint density at radius 3 is 2.30 bits per heavy atom. The van der Waals surface area contributed by atoms with Crippen LogP contribution in [-0.4, -0.2) is 23.4 Å². The number of nitrogens with zero attached hydrogens (tertiary/aromatic N) is 1. The maximum absolute atomic E-state index is 13.5. The number of hydrogen-bond donors (Lipinski definition) is 1. The number of ketones is 1. The highest BCUT2D eigenvalue weighted by molar-refractivity contribution is 6.51. The highest BCUT2D eigenvalue weighted by atomic mass is 16.5. The molecule has 190 valence electrons. The summed E-state index contributed by atoms with van der Waals surface area (Å²) in [7, 11) is 0. The van der Waals surface area contributed by atoms with Gasteiger partial charge in [0, 0.05) is 11.3 Å². The fourth-order valence-electron chi connectivity index (χ4n) is 5.17. The molecule has 5 rings (SSSR count). The van der Waals surface area contributed by atoms with E-state index in [1.807, 2.05) is 73.7 Å². The van der Waals surface area contributed by atoms with Crippen LogP contribution in [0.15, 0.2) is 72.3 Å². The Morgan fingerprint density at radius 1 is 0.946 bits per heavy atom. The normalized spacial score (nSPS) is 18.8. The molecule has 1 unspecified atom stereocenters. The number of carbonyl (C=O) groups excluding carboxylic acids is 2. The topological polar surface area (TPSA) is 66.8 Å². The van der Waals surface area contributed by atoms with Crippen molar-refractivity contribution in [3.05, 3.63) is 100 Å². The molecule has 0 radical (unpaired) electrons. The summed E-state index contributed by atoms with van der Waals surface area (Å²) in [6, 6.07) is 20.1. The average Bonchev–Trinajstić information content (AvgIpc) is 3.17. The molecule has 5 heteroatoms. The fraction of sp³-hybridized carbons (Fsp3) is 0.312. The second-order valence-electron chi connectivity index (χ2n) is 10.5. The maximum atomic E-state index is 13.5. The molecule has 1 aliphatic carbocycles. The van der Waals surface area contributed by atoms with Gasteiger partial charge >= 0.3 is 0 Å². The van der Waals surface area contributed by atoms with Gasteiger partial charge in [0.15, 0.2) is 0 Å². The third-order valence-corrected chi connectivity index (χ3v) is 7.16. The minimum Gasteiger partial charge on any atom is -0.507 e. The molecular formula is C32H33NO4. The van der Waals surface area contributed by atoms with Crippen molar-refractivity contribution in [1.29, 1.82) is 0 Å². The van der Waals surface area contributed by atoms with Crippen LogP contribution < -0.4 is 9.64 Å². The molecule has 1 N–H and O–H groups in total. The van der Waals surface area contributed by atoms with E-state index in [9.17, 15) is 14.7 Å². The maximum Gasteiger partial charge on any atom is 0.300 e. The molecule has 0 saturated carbocycles. The Hall–Kier alpha value is -3.86. The largest absolute Gasteiger partial charge is 0.507 e. The van der Waals surface area contributed by atoms with Crippen LogP contribution in [-0.2, 0) is 22.4 Å². The van der Waals surface area contributed by atoms with Crippen LogP contribution in [0.1, 0.15) is 60.5 Å². The number of benzene rings is 3. The smallest absolute Gasteiger partial charge is 0.300 e. The molecule has 5 nitrogen and oxygen atoms in total. The van der Waals surface area contributed by atoms with Gasteiger partial charge in [0.05, 0.1) is 18.2 Å². The Balaban J connectivity index is 1.61. The fourth-order valence-corrected chi connectivity index (χ4v) is 5.17. The van der Waals surface area contributed by atoms with Crippen molar-refractivity contribution in [1.82, 2.24) is 0 Å². The van der Waals surface area contributed by atoms with Gasteiger partial charge in [0.2, 0.25) is 0 Å². The summed E-state index contributed by atoms with van der Waals surface area (Å²) in [6.45, 7) is 6.75. The standard InChI is InChI=1S/C32H33NO4/c1-20(2)19-37-27-16-12-23(13-17-27)29-28(30(34)25-11-10-22-6-4-5-7-24(22)18-25)31(35)32(36)33(29)26-14-8-21(3)9-15-26/h8-18,20,29,34H,4-7,19H2,1-3H3/b30-28-. The Morgan fingerprint density at radius 2 is 1.62 bits per heavy atom. The van der Waals surface area contributed by atoms with Gasteiger partial charge in [-0.1, -0.05) is 55.8 Å². The molecule has 3 aromatic rings. The van der Waals surface area contributed by atoms with Gasteiger partial charge in [0.1, 0.15) is 11.5 Å². The first kappa shape index (κ1) is 24.8. The zero-order valence-corrected chi connectivity index (χ0v) is 21.7. The molecule has 0 spiro atoms. The molecular weight excluding hydrogens is 462 g/mol. The molecule has 1 heterocycles.